The molecule has 1 aliphatic heterocycles. The van der Waals surface area contributed by atoms with Gasteiger partial charge in [0.1, 0.15) is 0 Å². The van der Waals surface area contributed by atoms with Gasteiger partial charge in [0.15, 0.2) is 11.5 Å². The Hall–Kier alpha value is -2.78. The molecule has 110 valence electrons. The van der Waals surface area contributed by atoms with E-state index >= 15 is 0 Å². The number of ether oxygens (including phenoxy) is 2. The smallest absolute Gasteiger partial charge is 0.451 e. The second-order valence-corrected chi connectivity index (χ2v) is 4.03. The van der Waals surface area contributed by atoms with E-state index in [2.05, 4.69) is 15.4 Å². The van der Waals surface area contributed by atoms with Crippen molar-refractivity contribution in [3.05, 3.63) is 29.6 Å². The van der Waals surface area contributed by atoms with Crippen LogP contribution in [-0.4, -0.2) is 27.9 Å². The van der Waals surface area contributed by atoms with E-state index in [1.54, 1.807) is 5.10 Å². The van der Waals surface area contributed by atoms with E-state index in [0.717, 1.165) is 0 Å². The molecule has 0 bridgehead atoms. The van der Waals surface area contributed by atoms with Gasteiger partial charge in [-0.1, -0.05) is 0 Å². The van der Waals surface area contributed by atoms with E-state index in [1.807, 2.05) is 0 Å². The van der Waals surface area contributed by atoms with E-state index in [1.165, 1.54) is 18.2 Å². The number of aromatic nitrogens is 3. The molecule has 0 fully saturated rings. The van der Waals surface area contributed by atoms with Gasteiger partial charge in [-0.25, -0.2) is 0 Å². The average molecular weight is 300 g/mol. The van der Waals surface area contributed by atoms with Crippen LogP contribution >= 0.6 is 0 Å². The lowest BCUT2D eigenvalue weighted by atomic mass is 10.2. The minimum Gasteiger partial charge on any atom is -0.454 e. The molecule has 2 heterocycles. The Kier molecular flexibility index (Phi) is 2.92. The molecule has 2 aromatic rings. The summed E-state index contributed by atoms with van der Waals surface area (Å²) in [6, 6.07) is 4.38. The Morgan fingerprint density at radius 3 is 2.76 bits per heavy atom. The van der Waals surface area contributed by atoms with Gasteiger partial charge in [0.05, 0.1) is 0 Å². The molecule has 0 spiro atoms. The number of nitrogens with one attached hydrogen (secondary N) is 2. The Morgan fingerprint density at radius 2 is 2.05 bits per heavy atom. The Morgan fingerprint density at radius 1 is 1.29 bits per heavy atom. The first-order valence-electron chi connectivity index (χ1n) is 5.64. The van der Waals surface area contributed by atoms with Crippen LogP contribution in [0.4, 0.5) is 19.1 Å². The number of alkyl halides is 3. The number of hydrogen-bond acceptors (Lipinski definition) is 5. The number of H-pyrrole nitrogens is 1. The van der Waals surface area contributed by atoms with E-state index in [-0.39, 0.29) is 12.4 Å². The van der Waals surface area contributed by atoms with Gasteiger partial charge in [0.2, 0.25) is 18.6 Å². The van der Waals surface area contributed by atoms with Crippen LogP contribution in [0.5, 0.6) is 11.5 Å². The highest BCUT2D eigenvalue weighted by atomic mass is 19.4. The Labute approximate surface area is 115 Å². The fourth-order valence-corrected chi connectivity index (χ4v) is 1.66. The third-order valence-corrected chi connectivity index (χ3v) is 2.61. The number of carbonyl (C=O) groups excluding carboxylic acids is 1. The van der Waals surface area contributed by atoms with E-state index in [9.17, 15) is 18.0 Å². The molecule has 1 aliphatic rings. The van der Waals surface area contributed by atoms with Gasteiger partial charge < -0.3 is 9.47 Å². The number of hydrogen-bond donors (Lipinski definition) is 2. The molecule has 10 heteroatoms. The summed E-state index contributed by atoms with van der Waals surface area (Å²) < 4.78 is 47.2. The minimum absolute atomic E-state index is 0.0519. The molecule has 7 nitrogen and oxygen atoms in total. The summed E-state index contributed by atoms with van der Waals surface area (Å²) in [6.07, 6.45) is -4.66. The zero-order valence-electron chi connectivity index (χ0n) is 10.2. The predicted octanol–water partition coefficient (Wildman–Crippen LogP) is 1.80. The lowest BCUT2D eigenvalue weighted by Gasteiger charge is -2.02. The highest BCUT2D eigenvalue weighted by Crippen LogP contribution is 2.32. The lowest BCUT2D eigenvalue weighted by molar-refractivity contribution is -0.144. The normalized spacial score (nSPS) is 13.3. The monoisotopic (exact) mass is 300 g/mol. The molecule has 1 aromatic carbocycles. The molecule has 0 unspecified atom stereocenters. The maximum absolute atomic E-state index is 12.3. The van der Waals surface area contributed by atoms with Crippen molar-refractivity contribution in [2.45, 2.75) is 6.18 Å². The summed E-state index contributed by atoms with van der Waals surface area (Å²) >= 11 is 0. The molecular formula is C11H7F3N4O3. The SMILES string of the molecule is O=C(Nc1n[nH]c(C(F)(F)F)n1)c1ccc2c(c1)OCO2. The number of amides is 1. The van der Waals surface area contributed by atoms with Crippen molar-refractivity contribution in [3.63, 3.8) is 0 Å². The number of rotatable bonds is 2. The summed E-state index contributed by atoms with van der Waals surface area (Å²) in [4.78, 5) is 15.0. The quantitative estimate of drug-likeness (QED) is 0.883. The Balaban J connectivity index is 1.76. The van der Waals surface area contributed by atoms with Gasteiger partial charge in [-0.3, -0.25) is 15.2 Å². The summed E-state index contributed by atoms with van der Waals surface area (Å²) in [5.74, 6) is -1.55. The fraction of sp³-hybridized carbons (Fsp3) is 0.182. The van der Waals surface area contributed by atoms with Crippen LogP contribution in [0.25, 0.3) is 0 Å². The highest BCUT2D eigenvalue weighted by molar-refractivity contribution is 6.03. The molecule has 0 radical (unpaired) electrons. The van der Waals surface area contributed by atoms with Crippen LogP contribution in [0.2, 0.25) is 0 Å². The van der Waals surface area contributed by atoms with Crippen molar-refractivity contribution in [2.24, 2.45) is 0 Å². The van der Waals surface area contributed by atoms with Gasteiger partial charge in [-0.05, 0) is 18.2 Å². The second kappa shape index (κ2) is 4.65. The molecule has 0 aliphatic carbocycles. The molecule has 1 aromatic heterocycles. The lowest BCUT2D eigenvalue weighted by Crippen LogP contribution is -2.13. The summed E-state index contributed by atoms with van der Waals surface area (Å²) in [5, 5.41) is 7.13. The third kappa shape index (κ3) is 2.59. The van der Waals surface area contributed by atoms with Crippen molar-refractivity contribution in [1.82, 2.24) is 15.2 Å². The first-order chi connectivity index (χ1) is 9.93. The zero-order valence-corrected chi connectivity index (χ0v) is 10.2. The first-order valence-corrected chi connectivity index (χ1v) is 5.64. The maximum atomic E-state index is 12.3. The van der Waals surface area contributed by atoms with Crippen molar-refractivity contribution < 1.29 is 27.4 Å². The van der Waals surface area contributed by atoms with Crippen molar-refractivity contribution in [3.8, 4) is 11.5 Å². The van der Waals surface area contributed by atoms with E-state index < -0.39 is 23.9 Å². The van der Waals surface area contributed by atoms with Gasteiger partial charge in [0, 0.05) is 5.56 Å². The fourth-order valence-electron chi connectivity index (χ4n) is 1.66. The molecule has 0 saturated carbocycles. The summed E-state index contributed by atoms with van der Waals surface area (Å²) in [6.45, 7) is 0.0519. The van der Waals surface area contributed by atoms with Gasteiger partial charge in [0.25, 0.3) is 5.91 Å². The highest BCUT2D eigenvalue weighted by Gasteiger charge is 2.35. The molecule has 0 saturated heterocycles. The summed E-state index contributed by atoms with van der Waals surface area (Å²) in [5.41, 5.74) is 0.178. The molecule has 3 rings (SSSR count). The maximum Gasteiger partial charge on any atom is 0.451 e. The molecule has 1 amide bonds. The summed E-state index contributed by atoms with van der Waals surface area (Å²) in [7, 11) is 0. The first kappa shape index (κ1) is 13.2. The van der Waals surface area contributed by atoms with Crippen LogP contribution in [-0.2, 0) is 6.18 Å². The number of aromatic amines is 1. The molecule has 21 heavy (non-hydrogen) atoms. The number of halogens is 3. The van der Waals surface area contributed by atoms with Gasteiger partial charge in [-0.2, -0.15) is 18.2 Å². The van der Waals surface area contributed by atoms with Gasteiger partial charge in [-0.15, -0.1) is 5.10 Å². The zero-order chi connectivity index (χ0) is 15.0. The van der Waals surface area contributed by atoms with Crippen LogP contribution in [0.15, 0.2) is 18.2 Å². The predicted molar refractivity (Wildman–Crippen MR) is 61.9 cm³/mol. The minimum atomic E-state index is -4.66. The van der Waals surface area contributed by atoms with Crippen LogP contribution in [0.1, 0.15) is 16.2 Å². The molecule has 2 N–H and O–H groups in total. The topological polar surface area (TPSA) is 89.1 Å². The van der Waals surface area contributed by atoms with Crippen molar-refractivity contribution >= 4 is 11.9 Å². The van der Waals surface area contributed by atoms with E-state index in [0.29, 0.717) is 11.5 Å². The Bertz CT molecular complexity index is 698. The van der Waals surface area contributed by atoms with Crippen LogP contribution in [0.3, 0.4) is 0 Å². The molecule has 0 atom stereocenters. The largest absolute Gasteiger partial charge is 0.454 e. The average Bonchev–Trinajstić information content (AvgIpc) is 3.04. The number of benzene rings is 1. The van der Waals surface area contributed by atoms with Crippen molar-refractivity contribution in [1.29, 1.82) is 0 Å². The van der Waals surface area contributed by atoms with Crippen LogP contribution < -0.4 is 14.8 Å². The second-order valence-electron chi connectivity index (χ2n) is 4.03. The number of nitrogens with zero attached hydrogens (tertiary/aromatic N) is 2. The third-order valence-electron chi connectivity index (χ3n) is 2.61. The van der Waals surface area contributed by atoms with Crippen LogP contribution in [0, 0.1) is 0 Å². The van der Waals surface area contributed by atoms with E-state index in [4.69, 9.17) is 9.47 Å². The number of carbonyl (C=O) groups is 1. The standard InChI is InChI=1S/C11H7F3N4O3/c12-11(13,14)9-16-10(18-17-9)15-8(19)5-1-2-6-7(3-5)21-4-20-6/h1-3H,4H2,(H2,15,16,17,18,19). The molecular weight excluding hydrogens is 293 g/mol. The number of anilines is 1. The van der Waals surface area contributed by atoms with Gasteiger partial charge >= 0.3 is 6.18 Å². The number of fused-ring (bicyclic) bond motifs is 1. The van der Waals surface area contributed by atoms with Crippen molar-refractivity contribution in [2.75, 3.05) is 12.1 Å².